The van der Waals surface area contributed by atoms with Crippen molar-refractivity contribution >= 4 is 22.9 Å². The highest BCUT2D eigenvalue weighted by Crippen LogP contribution is 2.24. The lowest BCUT2D eigenvalue weighted by atomic mass is 10.2. The molecule has 0 aliphatic carbocycles. The third-order valence-electron chi connectivity index (χ3n) is 2.39. The van der Waals surface area contributed by atoms with Gasteiger partial charge in [-0.25, -0.2) is 8.78 Å². The Labute approximate surface area is 113 Å². The Morgan fingerprint density at radius 1 is 1.22 bits per heavy atom. The number of rotatable bonds is 5. The van der Waals surface area contributed by atoms with Gasteiger partial charge in [-0.3, -0.25) is 0 Å². The highest BCUT2D eigenvalue weighted by molar-refractivity contribution is 7.09. The summed E-state index contributed by atoms with van der Waals surface area (Å²) in [6.07, 6.45) is 0.633. The fourth-order valence-corrected chi connectivity index (χ4v) is 2.38. The minimum atomic E-state index is -0.711. The molecule has 0 radical (unpaired) electrons. The number of hydrogen-bond donors (Lipinski definition) is 0. The minimum Gasteiger partial charge on any atom is -0.487 e. The Kier molecular flexibility index (Phi) is 4.55. The van der Waals surface area contributed by atoms with Crippen molar-refractivity contribution in [2.75, 3.05) is 6.61 Å². The van der Waals surface area contributed by atoms with E-state index in [1.807, 2.05) is 17.5 Å². The molecule has 0 fully saturated rings. The van der Waals surface area contributed by atoms with Crippen LogP contribution in [0.4, 0.5) is 8.78 Å². The van der Waals surface area contributed by atoms with Gasteiger partial charge in [-0.2, -0.15) is 0 Å². The van der Waals surface area contributed by atoms with Crippen molar-refractivity contribution in [3.63, 3.8) is 0 Å². The van der Waals surface area contributed by atoms with Crippen LogP contribution >= 0.6 is 22.9 Å². The van der Waals surface area contributed by atoms with Gasteiger partial charge in [0.05, 0.1) is 6.61 Å². The standard InChI is InChI=1S/C13H11ClF2OS/c14-8-9-6-11(15)13(12(16)7-9)17-4-3-10-2-1-5-18-10/h1-2,5-7H,3-4,8H2. The zero-order chi connectivity index (χ0) is 13.0. The lowest BCUT2D eigenvalue weighted by Gasteiger charge is -2.08. The maximum Gasteiger partial charge on any atom is 0.190 e. The van der Waals surface area contributed by atoms with Crippen LogP contribution in [-0.4, -0.2) is 6.61 Å². The summed E-state index contributed by atoms with van der Waals surface area (Å²) in [6.45, 7) is 0.245. The summed E-state index contributed by atoms with van der Waals surface area (Å²) in [7, 11) is 0. The number of ether oxygens (including phenoxy) is 1. The molecule has 1 heterocycles. The van der Waals surface area contributed by atoms with Crippen LogP contribution in [-0.2, 0) is 12.3 Å². The zero-order valence-corrected chi connectivity index (χ0v) is 11.0. The van der Waals surface area contributed by atoms with Crippen LogP contribution in [0.3, 0.4) is 0 Å². The van der Waals surface area contributed by atoms with E-state index in [2.05, 4.69) is 0 Å². The second-order valence-corrected chi connectivity index (χ2v) is 5.00. The second-order valence-electron chi connectivity index (χ2n) is 3.70. The van der Waals surface area contributed by atoms with Gasteiger partial charge in [-0.15, -0.1) is 22.9 Å². The van der Waals surface area contributed by atoms with Crippen LogP contribution in [0, 0.1) is 11.6 Å². The van der Waals surface area contributed by atoms with Crippen LogP contribution in [0.15, 0.2) is 29.6 Å². The molecule has 1 aromatic carbocycles. The van der Waals surface area contributed by atoms with Gasteiger partial charge < -0.3 is 4.74 Å². The van der Waals surface area contributed by atoms with Gasteiger partial charge in [0.15, 0.2) is 17.4 Å². The van der Waals surface area contributed by atoms with E-state index < -0.39 is 11.6 Å². The lowest BCUT2D eigenvalue weighted by molar-refractivity contribution is 0.289. The predicted molar refractivity (Wildman–Crippen MR) is 69.4 cm³/mol. The SMILES string of the molecule is Fc1cc(CCl)cc(F)c1OCCc1cccs1. The molecule has 1 aromatic heterocycles. The average Bonchev–Trinajstić information content (AvgIpc) is 2.85. The Morgan fingerprint density at radius 3 is 2.50 bits per heavy atom. The van der Waals surface area contributed by atoms with Gasteiger partial charge in [0, 0.05) is 17.2 Å². The molecule has 0 unspecified atom stereocenters. The first-order valence-corrected chi connectivity index (χ1v) is 6.81. The number of alkyl halides is 1. The molecule has 18 heavy (non-hydrogen) atoms. The van der Waals surface area contributed by atoms with Crippen molar-refractivity contribution in [3.8, 4) is 5.75 Å². The maximum atomic E-state index is 13.5. The normalized spacial score (nSPS) is 10.6. The molecule has 0 spiro atoms. The summed E-state index contributed by atoms with van der Waals surface area (Å²) in [6, 6.07) is 6.26. The van der Waals surface area contributed by atoms with Crippen LogP contribution in [0.5, 0.6) is 5.75 Å². The summed E-state index contributed by atoms with van der Waals surface area (Å²) >= 11 is 7.11. The first kappa shape index (κ1) is 13.3. The van der Waals surface area contributed by atoms with Gasteiger partial charge in [-0.1, -0.05) is 6.07 Å². The molecule has 5 heteroatoms. The lowest BCUT2D eigenvalue weighted by Crippen LogP contribution is -2.04. The monoisotopic (exact) mass is 288 g/mol. The van der Waals surface area contributed by atoms with Gasteiger partial charge in [-0.05, 0) is 29.1 Å². The van der Waals surface area contributed by atoms with E-state index in [1.165, 1.54) is 12.1 Å². The average molecular weight is 289 g/mol. The molecule has 0 atom stereocenters. The van der Waals surface area contributed by atoms with E-state index in [1.54, 1.807) is 11.3 Å². The fraction of sp³-hybridized carbons (Fsp3) is 0.231. The highest BCUT2D eigenvalue weighted by atomic mass is 35.5. The van der Waals surface area contributed by atoms with E-state index >= 15 is 0 Å². The van der Waals surface area contributed by atoms with E-state index in [-0.39, 0.29) is 18.2 Å². The van der Waals surface area contributed by atoms with Crippen LogP contribution in [0.25, 0.3) is 0 Å². The van der Waals surface area contributed by atoms with Gasteiger partial charge in [0.2, 0.25) is 0 Å². The number of halogens is 3. The van der Waals surface area contributed by atoms with Crippen LogP contribution in [0.2, 0.25) is 0 Å². The van der Waals surface area contributed by atoms with Crippen molar-refractivity contribution in [2.24, 2.45) is 0 Å². The molecular formula is C13H11ClF2OS. The fourth-order valence-electron chi connectivity index (χ4n) is 1.54. The van der Waals surface area contributed by atoms with E-state index in [0.717, 1.165) is 4.88 Å². The Balaban J connectivity index is 2.01. The van der Waals surface area contributed by atoms with Gasteiger partial charge in [0.25, 0.3) is 0 Å². The van der Waals surface area contributed by atoms with Crippen molar-refractivity contribution in [1.29, 1.82) is 0 Å². The molecule has 0 saturated heterocycles. The van der Waals surface area contributed by atoms with Crippen LogP contribution in [0.1, 0.15) is 10.4 Å². The summed E-state index contributed by atoms with van der Waals surface area (Å²) in [5.41, 5.74) is 0.400. The van der Waals surface area contributed by atoms with Crippen LogP contribution < -0.4 is 4.74 Å². The smallest absolute Gasteiger partial charge is 0.190 e. The van der Waals surface area contributed by atoms with Crippen molar-refractivity contribution in [2.45, 2.75) is 12.3 Å². The third kappa shape index (κ3) is 3.21. The topological polar surface area (TPSA) is 9.23 Å². The number of hydrogen-bond acceptors (Lipinski definition) is 2. The number of benzene rings is 1. The van der Waals surface area contributed by atoms with E-state index in [9.17, 15) is 8.78 Å². The quantitative estimate of drug-likeness (QED) is 0.742. The minimum absolute atomic E-state index is 0.0727. The van der Waals surface area contributed by atoms with E-state index in [0.29, 0.717) is 12.0 Å². The Hall–Kier alpha value is -1.13. The second kappa shape index (κ2) is 6.16. The molecule has 0 saturated carbocycles. The zero-order valence-electron chi connectivity index (χ0n) is 9.46. The molecule has 2 rings (SSSR count). The molecule has 0 N–H and O–H groups in total. The molecule has 1 nitrogen and oxygen atoms in total. The summed E-state index contributed by atoms with van der Waals surface area (Å²) in [5.74, 6) is -1.68. The molecular weight excluding hydrogens is 278 g/mol. The highest BCUT2D eigenvalue weighted by Gasteiger charge is 2.12. The largest absolute Gasteiger partial charge is 0.487 e. The molecule has 2 aromatic rings. The number of thiophene rings is 1. The molecule has 0 aliphatic rings. The van der Waals surface area contributed by atoms with Crippen molar-refractivity contribution in [3.05, 3.63) is 51.7 Å². The molecule has 0 bridgehead atoms. The Bertz CT molecular complexity index is 491. The maximum absolute atomic E-state index is 13.5. The first-order valence-electron chi connectivity index (χ1n) is 5.40. The van der Waals surface area contributed by atoms with Gasteiger partial charge in [0.1, 0.15) is 0 Å². The van der Waals surface area contributed by atoms with E-state index in [4.69, 9.17) is 16.3 Å². The summed E-state index contributed by atoms with van der Waals surface area (Å²) in [4.78, 5) is 1.12. The first-order chi connectivity index (χ1) is 8.70. The third-order valence-corrected chi connectivity index (χ3v) is 3.63. The molecule has 96 valence electrons. The van der Waals surface area contributed by atoms with Crippen molar-refractivity contribution in [1.82, 2.24) is 0 Å². The predicted octanol–water partition coefficient (Wildman–Crippen LogP) is 4.39. The van der Waals surface area contributed by atoms with Gasteiger partial charge >= 0.3 is 0 Å². The summed E-state index contributed by atoms with van der Waals surface area (Å²) in [5, 5.41) is 1.95. The van der Waals surface area contributed by atoms with Crippen molar-refractivity contribution < 1.29 is 13.5 Å². The molecule has 0 aliphatic heterocycles. The summed E-state index contributed by atoms with van der Waals surface area (Å²) < 4.78 is 32.2. The Morgan fingerprint density at radius 2 is 1.94 bits per heavy atom. The molecule has 0 amide bonds.